The first kappa shape index (κ1) is 12.0. The number of aryl methyl sites for hydroxylation is 1. The lowest BCUT2D eigenvalue weighted by molar-refractivity contribution is 0.262. The number of carbonyl (C=O) groups excluding carboxylic acids is 1. The molecule has 0 unspecified atom stereocenters. The fourth-order valence-corrected chi connectivity index (χ4v) is 1.51. The van der Waals surface area contributed by atoms with Gasteiger partial charge in [-0.2, -0.15) is 5.10 Å². The van der Waals surface area contributed by atoms with Crippen molar-refractivity contribution in [2.75, 3.05) is 16.4 Å². The smallest absolute Gasteiger partial charge is 0.323 e. The number of benzene rings is 1. The van der Waals surface area contributed by atoms with Gasteiger partial charge in [-0.05, 0) is 25.1 Å². The second-order valence-corrected chi connectivity index (χ2v) is 3.79. The molecule has 94 valence electrons. The van der Waals surface area contributed by atoms with Gasteiger partial charge in [-0.15, -0.1) is 0 Å². The van der Waals surface area contributed by atoms with Crippen LogP contribution in [0.5, 0.6) is 0 Å². The largest absolute Gasteiger partial charge is 0.399 e. The number of anilines is 3. The highest BCUT2D eigenvalue weighted by molar-refractivity contribution is 5.99. The van der Waals surface area contributed by atoms with Gasteiger partial charge in [-0.1, -0.05) is 6.07 Å². The van der Waals surface area contributed by atoms with E-state index in [4.69, 9.17) is 5.73 Å². The minimum Gasteiger partial charge on any atom is -0.399 e. The van der Waals surface area contributed by atoms with Crippen molar-refractivity contribution in [2.24, 2.45) is 0 Å². The molecule has 1 aromatic heterocycles. The van der Waals surface area contributed by atoms with Gasteiger partial charge in [0.1, 0.15) is 0 Å². The number of nitrogens with two attached hydrogens (primary N) is 1. The molecule has 0 saturated heterocycles. The number of aromatic nitrogens is 2. The molecule has 0 atom stereocenters. The van der Waals surface area contributed by atoms with E-state index in [0.717, 1.165) is 6.54 Å². The molecule has 2 aromatic rings. The first-order chi connectivity index (χ1) is 8.67. The molecule has 6 nitrogen and oxygen atoms in total. The molecule has 4 N–H and O–H groups in total. The van der Waals surface area contributed by atoms with Gasteiger partial charge < -0.3 is 16.4 Å². The van der Waals surface area contributed by atoms with E-state index < -0.39 is 0 Å². The van der Waals surface area contributed by atoms with Crippen LogP contribution < -0.4 is 16.4 Å². The highest BCUT2D eigenvalue weighted by Crippen LogP contribution is 2.12. The van der Waals surface area contributed by atoms with Gasteiger partial charge in [-0.3, -0.25) is 4.68 Å². The molecule has 0 aliphatic rings. The average Bonchev–Trinajstić information content (AvgIpc) is 2.76. The number of nitrogens with zero attached hydrogens (tertiary/aromatic N) is 2. The number of rotatable bonds is 3. The standard InChI is InChI=1S/C12H15N5O/c1-2-17-8-11(7-14-17)16-12(18)15-10-5-3-4-9(13)6-10/h3-8H,2,13H2,1H3,(H2,15,16,18). The van der Waals surface area contributed by atoms with E-state index in [1.807, 2.05) is 6.92 Å². The maximum Gasteiger partial charge on any atom is 0.323 e. The van der Waals surface area contributed by atoms with Crippen LogP contribution in [0.25, 0.3) is 0 Å². The highest BCUT2D eigenvalue weighted by Gasteiger charge is 2.04. The zero-order chi connectivity index (χ0) is 13.0. The quantitative estimate of drug-likeness (QED) is 0.724. The monoisotopic (exact) mass is 245 g/mol. The fraction of sp³-hybridized carbons (Fsp3) is 0.167. The molecule has 0 saturated carbocycles. The Morgan fingerprint density at radius 2 is 2.17 bits per heavy atom. The van der Waals surface area contributed by atoms with Crippen molar-refractivity contribution >= 4 is 23.1 Å². The van der Waals surface area contributed by atoms with E-state index in [1.165, 1.54) is 0 Å². The molecule has 1 aromatic carbocycles. The lowest BCUT2D eigenvalue weighted by Crippen LogP contribution is -2.19. The fourth-order valence-electron chi connectivity index (χ4n) is 1.51. The van der Waals surface area contributed by atoms with Gasteiger partial charge in [0.15, 0.2) is 0 Å². The number of amides is 2. The van der Waals surface area contributed by atoms with Crippen LogP contribution in [-0.4, -0.2) is 15.8 Å². The van der Waals surface area contributed by atoms with Crippen LogP contribution in [0.1, 0.15) is 6.92 Å². The molecule has 0 radical (unpaired) electrons. The molecule has 0 aliphatic carbocycles. The van der Waals surface area contributed by atoms with Crippen molar-refractivity contribution < 1.29 is 4.79 Å². The Labute approximate surface area is 105 Å². The minimum atomic E-state index is -0.323. The summed E-state index contributed by atoms with van der Waals surface area (Å²) in [5.74, 6) is 0. The van der Waals surface area contributed by atoms with Gasteiger partial charge in [0.05, 0.1) is 11.9 Å². The third-order valence-electron chi connectivity index (χ3n) is 2.36. The van der Waals surface area contributed by atoms with Crippen molar-refractivity contribution in [2.45, 2.75) is 13.5 Å². The molecule has 0 fully saturated rings. The Bertz CT molecular complexity index is 549. The van der Waals surface area contributed by atoms with E-state index in [0.29, 0.717) is 17.1 Å². The summed E-state index contributed by atoms with van der Waals surface area (Å²) in [5.41, 5.74) is 7.53. The van der Waals surface area contributed by atoms with Crippen LogP contribution in [0.4, 0.5) is 21.9 Å². The summed E-state index contributed by atoms with van der Waals surface area (Å²) in [6.45, 7) is 2.74. The summed E-state index contributed by atoms with van der Waals surface area (Å²) in [6.07, 6.45) is 3.36. The van der Waals surface area contributed by atoms with Crippen LogP contribution >= 0.6 is 0 Å². The number of carbonyl (C=O) groups is 1. The predicted octanol–water partition coefficient (Wildman–Crippen LogP) is 2.13. The van der Waals surface area contributed by atoms with E-state index in [1.54, 1.807) is 41.3 Å². The molecule has 2 rings (SSSR count). The van der Waals surface area contributed by atoms with Gasteiger partial charge in [-0.25, -0.2) is 4.79 Å². The summed E-state index contributed by atoms with van der Waals surface area (Å²) in [7, 11) is 0. The zero-order valence-electron chi connectivity index (χ0n) is 10.1. The van der Waals surface area contributed by atoms with Crippen molar-refractivity contribution in [3.05, 3.63) is 36.7 Å². The van der Waals surface area contributed by atoms with Crippen LogP contribution in [-0.2, 0) is 6.54 Å². The molecule has 0 spiro atoms. The summed E-state index contributed by atoms with van der Waals surface area (Å²) < 4.78 is 1.73. The second-order valence-electron chi connectivity index (χ2n) is 3.79. The normalized spacial score (nSPS) is 10.1. The Morgan fingerprint density at radius 1 is 1.39 bits per heavy atom. The molecule has 18 heavy (non-hydrogen) atoms. The van der Waals surface area contributed by atoms with Crippen molar-refractivity contribution in [1.29, 1.82) is 0 Å². The summed E-state index contributed by atoms with van der Waals surface area (Å²) in [4.78, 5) is 11.7. The van der Waals surface area contributed by atoms with E-state index in [9.17, 15) is 4.79 Å². The van der Waals surface area contributed by atoms with Crippen LogP contribution in [0.2, 0.25) is 0 Å². The maximum atomic E-state index is 11.7. The molecular formula is C12H15N5O. The zero-order valence-corrected chi connectivity index (χ0v) is 10.1. The van der Waals surface area contributed by atoms with Crippen molar-refractivity contribution in [1.82, 2.24) is 9.78 Å². The minimum absolute atomic E-state index is 0.323. The third-order valence-corrected chi connectivity index (χ3v) is 2.36. The van der Waals surface area contributed by atoms with Gasteiger partial charge >= 0.3 is 6.03 Å². The molecular weight excluding hydrogens is 230 g/mol. The van der Waals surface area contributed by atoms with Crippen molar-refractivity contribution in [3.63, 3.8) is 0 Å². The number of hydrogen-bond donors (Lipinski definition) is 3. The van der Waals surface area contributed by atoms with Crippen LogP contribution in [0, 0.1) is 0 Å². The SMILES string of the molecule is CCn1cc(NC(=O)Nc2cccc(N)c2)cn1. The second kappa shape index (κ2) is 5.22. The molecule has 6 heteroatoms. The number of nitrogen functional groups attached to an aromatic ring is 1. The summed E-state index contributed by atoms with van der Waals surface area (Å²) in [5, 5.41) is 9.44. The first-order valence-electron chi connectivity index (χ1n) is 5.63. The van der Waals surface area contributed by atoms with Gasteiger partial charge in [0, 0.05) is 24.1 Å². The summed E-state index contributed by atoms with van der Waals surface area (Å²) >= 11 is 0. The van der Waals surface area contributed by atoms with Crippen molar-refractivity contribution in [3.8, 4) is 0 Å². The lowest BCUT2D eigenvalue weighted by Gasteiger charge is -2.06. The topological polar surface area (TPSA) is 85.0 Å². The first-order valence-corrected chi connectivity index (χ1v) is 5.63. The predicted molar refractivity (Wildman–Crippen MR) is 71.4 cm³/mol. The van der Waals surface area contributed by atoms with E-state index in [2.05, 4.69) is 15.7 Å². The van der Waals surface area contributed by atoms with Crippen LogP contribution in [0.3, 0.4) is 0 Å². The maximum absolute atomic E-state index is 11.7. The lowest BCUT2D eigenvalue weighted by atomic mass is 10.3. The molecule has 2 amide bonds. The molecule has 0 aliphatic heterocycles. The average molecular weight is 245 g/mol. The van der Waals surface area contributed by atoms with Crippen LogP contribution in [0.15, 0.2) is 36.7 Å². The van der Waals surface area contributed by atoms with Gasteiger partial charge in [0.25, 0.3) is 0 Å². The summed E-state index contributed by atoms with van der Waals surface area (Å²) in [6, 6.07) is 6.67. The van der Waals surface area contributed by atoms with E-state index in [-0.39, 0.29) is 6.03 Å². The van der Waals surface area contributed by atoms with Gasteiger partial charge in [0.2, 0.25) is 0 Å². The number of urea groups is 1. The Hall–Kier alpha value is -2.50. The Morgan fingerprint density at radius 3 is 2.83 bits per heavy atom. The number of hydrogen-bond acceptors (Lipinski definition) is 3. The Kier molecular flexibility index (Phi) is 3.47. The molecule has 0 bridgehead atoms. The highest BCUT2D eigenvalue weighted by atomic mass is 16.2. The van der Waals surface area contributed by atoms with E-state index >= 15 is 0 Å². The molecule has 1 heterocycles. The Balaban J connectivity index is 1.96. The number of nitrogens with one attached hydrogen (secondary N) is 2. The third kappa shape index (κ3) is 3.00.